The summed E-state index contributed by atoms with van der Waals surface area (Å²) in [7, 11) is 1.27. The predicted octanol–water partition coefficient (Wildman–Crippen LogP) is 3.38. The molecule has 0 radical (unpaired) electrons. The summed E-state index contributed by atoms with van der Waals surface area (Å²) in [6, 6.07) is 14.1. The molecule has 0 spiro atoms. The fourth-order valence-corrected chi connectivity index (χ4v) is 3.44. The summed E-state index contributed by atoms with van der Waals surface area (Å²) in [5.41, 5.74) is 2.57. The molecule has 2 aromatic rings. The van der Waals surface area contributed by atoms with Crippen molar-refractivity contribution in [3.05, 3.63) is 65.2 Å². The van der Waals surface area contributed by atoms with Crippen LogP contribution in [0, 0.1) is 0 Å². The number of hydrogen-bond donors (Lipinski definition) is 2. The van der Waals surface area contributed by atoms with Crippen LogP contribution in [0.3, 0.4) is 0 Å². The standard InChI is InChI=1S/C23H26N2O5/c1-23(2,3)30-22(28)25-18(21(27)29-4)13-14-10-11-17-16(12-14)19(20(26)24-17)15-8-6-5-7-9-15/h5-12,18-19H,13H2,1-4H3,(H,24,26)(H,25,28)/t18-,19?/m0/s1. The van der Waals surface area contributed by atoms with Crippen LogP contribution in [0.4, 0.5) is 10.5 Å². The SMILES string of the molecule is COC(=O)[C@H](Cc1ccc2c(c1)C(c1ccccc1)C(=O)N2)NC(=O)OC(C)(C)C. The monoisotopic (exact) mass is 410 g/mol. The van der Waals surface area contributed by atoms with Gasteiger partial charge in [0.05, 0.1) is 13.0 Å². The lowest BCUT2D eigenvalue weighted by Crippen LogP contribution is -2.45. The van der Waals surface area contributed by atoms with Crippen LogP contribution in [0.5, 0.6) is 0 Å². The number of ether oxygens (including phenoxy) is 2. The largest absolute Gasteiger partial charge is 0.467 e. The van der Waals surface area contributed by atoms with Gasteiger partial charge < -0.3 is 20.1 Å². The van der Waals surface area contributed by atoms with E-state index >= 15 is 0 Å². The summed E-state index contributed by atoms with van der Waals surface area (Å²) >= 11 is 0. The van der Waals surface area contributed by atoms with Crippen molar-refractivity contribution in [1.82, 2.24) is 5.32 Å². The van der Waals surface area contributed by atoms with Crippen molar-refractivity contribution < 1.29 is 23.9 Å². The number of benzene rings is 2. The smallest absolute Gasteiger partial charge is 0.408 e. The number of hydrogen-bond acceptors (Lipinski definition) is 5. The number of carbonyl (C=O) groups is 3. The maximum atomic E-state index is 12.5. The van der Waals surface area contributed by atoms with Gasteiger partial charge in [-0.1, -0.05) is 42.5 Å². The van der Waals surface area contributed by atoms with Gasteiger partial charge in [0, 0.05) is 12.1 Å². The molecule has 2 atom stereocenters. The lowest BCUT2D eigenvalue weighted by molar-refractivity contribution is -0.143. The zero-order valence-corrected chi connectivity index (χ0v) is 17.5. The highest BCUT2D eigenvalue weighted by Gasteiger charge is 2.32. The summed E-state index contributed by atoms with van der Waals surface area (Å²) in [6.45, 7) is 5.23. The van der Waals surface area contributed by atoms with Crippen molar-refractivity contribution >= 4 is 23.7 Å². The maximum Gasteiger partial charge on any atom is 0.408 e. The van der Waals surface area contributed by atoms with Crippen LogP contribution < -0.4 is 10.6 Å². The molecule has 0 bridgehead atoms. The summed E-state index contributed by atoms with van der Waals surface area (Å²) in [4.78, 5) is 36.9. The molecule has 0 aromatic heterocycles. The van der Waals surface area contributed by atoms with Gasteiger partial charge in [-0.2, -0.15) is 0 Å². The fourth-order valence-electron chi connectivity index (χ4n) is 3.44. The summed E-state index contributed by atoms with van der Waals surface area (Å²) in [5.74, 6) is -1.09. The van der Waals surface area contributed by atoms with E-state index < -0.39 is 29.6 Å². The van der Waals surface area contributed by atoms with Gasteiger partial charge in [-0.3, -0.25) is 4.79 Å². The number of amides is 2. The summed E-state index contributed by atoms with van der Waals surface area (Å²) in [5, 5.41) is 5.47. The lowest BCUT2D eigenvalue weighted by Gasteiger charge is -2.22. The molecule has 2 aromatic carbocycles. The second-order valence-corrected chi connectivity index (χ2v) is 8.18. The van der Waals surface area contributed by atoms with E-state index in [0.29, 0.717) is 0 Å². The van der Waals surface area contributed by atoms with E-state index in [0.717, 1.165) is 22.4 Å². The van der Waals surface area contributed by atoms with Gasteiger partial charge in [0.2, 0.25) is 5.91 Å². The zero-order valence-electron chi connectivity index (χ0n) is 17.5. The van der Waals surface area contributed by atoms with E-state index in [4.69, 9.17) is 9.47 Å². The molecule has 30 heavy (non-hydrogen) atoms. The van der Waals surface area contributed by atoms with E-state index in [1.54, 1.807) is 20.8 Å². The number of fused-ring (bicyclic) bond motifs is 1. The molecule has 7 nitrogen and oxygen atoms in total. The molecule has 1 unspecified atom stereocenters. The van der Waals surface area contributed by atoms with Crippen molar-refractivity contribution in [3.63, 3.8) is 0 Å². The zero-order chi connectivity index (χ0) is 21.9. The molecular formula is C23H26N2O5. The van der Waals surface area contributed by atoms with Crippen LogP contribution in [0.25, 0.3) is 0 Å². The van der Waals surface area contributed by atoms with E-state index in [1.165, 1.54) is 7.11 Å². The third kappa shape index (κ3) is 4.97. The molecule has 3 rings (SSSR count). The first-order valence-electron chi connectivity index (χ1n) is 9.74. The highest BCUT2D eigenvalue weighted by Crippen LogP contribution is 2.37. The van der Waals surface area contributed by atoms with Crippen LogP contribution >= 0.6 is 0 Å². The Morgan fingerprint density at radius 3 is 2.47 bits per heavy atom. The van der Waals surface area contributed by atoms with Gasteiger partial charge in [0.25, 0.3) is 0 Å². The van der Waals surface area contributed by atoms with Crippen molar-refractivity contribution in [2.24, 2.45) is 0 Å². The van der Waals surface area contributed by atoms with Gasteiger partial charge in [-0.05, 0) is 43.5 Å². The molecule has 1 aliphatic rings. The number of nitrogens with one attached hydrogen (secondary N) is 2. The predicted molar refractivity (Wildman–Crippen MR) is 112 cm³/mol. The summed E-state index contributed by atoms with van der Waals surface area (Å²) in [6.07, 6.45) is -0.493. The Labute approximate surface area is 175 Å². The van der Waals surface area contributed by atoms with Crippen LogP contribution in [-0.4, -0.2) is 36.7 Å². The minimum Gasteiger partial charge on any atom is -0.467 e. The van der Waals surface area contributed by atoms with Crippen molar-refractivity contribution in [3.8, 4) is 0 Å². The first-order valence-corrected chi connectivity index (χ1v) is 9.74. The van der Waals surface area contributed by atoms with Gasteiger partial charge in [-0.15, -0.1) is 0 Å². The lowest BCUT2D eigenvalue weighted by atomic mass is 9.90. The van der Waals surface area contributed by atoms with Crippen LogP contribution in [0.15, 0.2) is 48.5 Å². The Balaban J connectivity index is 1.83. The topological polar surface area (TPSA) is 93.7 Å². The van der Waals surface area contributed by atoms with E-state index in [1.807, 2.05) is 48.5 Å². The van der Waals surface area contributed by atoms with Crippen LogP contribution in [-0.2, 0) is 25.5 Å². The molecular weight excluding hydrogens is 384 g/mol. The Morgan fingerprint density at radius 2 is 1.83 bits per heavy atom. The maximum absolute atomic E-state index is 12.5. The molecule has 0 fully saturated rings. The minimum atomic E-state index is -0.914. The second-order valence-electron chi connectivity index (χ2n) is 8.18. The molecule has 1 heterocycles. The Bertz CT molecular complexity index is 950. The summed E-state index contributed by atoms with van der Waals surface area (Å²) < 4.78 is 10.1. The number of carbonyl (C=O) groups excluding carboxylic acids is 3. The van der Waals surface area contributed by atoms with Gasteiger partial charge in [0.15, 0.2) is 0 Å². The molecule has 0 saturated carbocycles. The molecule has 2 amide bonds. The molecule has 2 N–H and O–H groups in total. The van der Waals surface area contributed by atoms with Crippen molar-refractivity contribution in [2.75, 3.05) is 12.4 Å². The van der Waals surface area contributed by atoms with E-state index in [9.17, 15) is 14.4 Å². The average Bonchev–Trinajstić information content (AvgIpc) is 3.01. The normalized spacial score (nSPS) is 16.3. The van der Waals surface area contributed by atoms with Crippen molar-refractivity contribution in [1.29, 1.82) is 0 Å². The fraction of sp³-hybridized carbons (Fsp3) is 0.348. The number of alkyl carbamates (subject to hydrolysis) is 1. The highest BCUT2D eigenvalue weighted by molar-refractivity contribution is 6.05. The Morgan fingerprint density at radius 1 is 1.13 bits per heavy atom. The molecule has 0 aliphatic carbocycles. The molecule has 0 saturated heterocycles. The van der Waals surface area contributed by atoms with Gasteiger partial charge in [-0.25, -0.2) is 9.59 Å². The molecule has 158 valence electrons. The molecule has 7 heteroatoms. The van der Waals surface area contributed by atoms with Crippen molar-refractivity contribution in [2.45, 2.75) is 44.8 Å². The van der Waals surface area contributed by atoms with Gasteiger partial charge in [0.1, 0.15) is 11.6 Å². The first-order chi connectivity index (χ1) is 14.2. The van der Waals surface area contributed by atoms with Gasteiger partial charge >= 0.3 is 12.1 Å². The third-order valence-electron chi connectivity index (χ3n) is 4.70. The van der Waals surface area contributed by atoms with E-state index in [-0.39, 0.29) is 12.3 Å². The number of anilines is 1. The highest BCUT2D eigenvalue weighted by atomic mass is 16.6. The third-order valence-corrected chi connectivity index (χ3v) is 4.70. The average molecular weight is 410 g/mol. The van der Waals surface area contributed by atoms with E-state index in [2.05, 4.69) is 10.6 Å². The molecule has 1 aliphatic heterocycles. The minimum absolute atomic E-state index is 0.0928. The van der Waals surface area contributed by atoms with Crippen LogP contribution in [0.2, 0.25) is 0 Å². The first kappa shape index (κ1) is 21.4. The Kier molecular flexibility index (Phi) is 6.10. The second kappa shape index (κ2) is 8.57. The number of methoxy groups -OCH3 is 1. The quantitative estimate of drug-likeness (QED) is 0.737. The number of esters is 1. The Hall–Kier alpha value is -3.35. The van der Waals surface area contributed by atoms with Crippen LogP contribution in [0.1, 0.15) is 43.4 Å². The number of rotatable bonds is 5.